The first kappa shape index (κ1) is 19.6. The number of rotatable bonds is 6. The number of alkyl halides is 2. The largest absolute Gasteiger partial charge is 0.457 e. The standard InChI is InChI=1S/C19H22F2N2O.ClH/c20-19(21)14-18(23-12-10-22-11-13-23)15-6-8-17(9-7-15)24-16-4-2-1-3-5-16;/h1-9,18-19,22H,10-14H2;1H/t18-;/m1./s1. The van der Waals surface area contributed by atoms with Crippen molar-refractivity contribution in [3.63, 3.8) is 0 Å². The van der Waals surface area contributed by atoms with Crippen LogP contribution in [-0.2, 0) is 0 Å². The second-order valence-electron chi connectivity index (χ2n) is 5.91. The number of ether oxygens (including phenoxy) is 1. The van der Waals surface area contributed by atoms with Gasteiger partial charge in [0.05, 0.1) is 0 Å². The first-order chi connectivity index (χ1) is 11.7. The number of benzene rings is 2. The van der Waals surface area contributed by atoms with E-state index in [0.29, 0.717) is 5.75 Å². The number of halogens is 3. The van der Waals surface area contributed by atoms with Gasteiger partial charge < -0.3 is 10.1 Å². The fraction of sp³-hybridized carbons (Fsp3) is 0.368. The van der Waals surface area contributed by atoms with E-state index in [4.69, 9.17) is 4.74 Å². The lowest BCUT2D eigenvalue weighted by Crippen LogP contribution is -2.45. The van der Waals surface area contributed by atoms with E-state index in [9.17, 15) is 8.78 Å². The Balaban J connectivity index is 0.00000225. The Hall–Kier alpha value is -1.69. The summed E-state index contributed by atoms with van der Waals surface area (Å²) in [4.78, 5) is 2.13. The number of para-hydroxylation sites is 1. The van der Waals surface area contributed by atoms with Crippen LogP contribution in [0.4, 0.5) is 8.78 Å². The van der Waals surface area contributed by atoms with Crippen LogP contribution >= 0.6 is 12.4 Å². The molecule has 0 aromatic heterocycles. The molecule has 1 fully saturated rings. The predicted octanol–water partition coefficient (Wildman–Crippen LogP) is 4.50. The number of nitrogens with zero attached hydrogens (tertiary/aromatic N) is 1. The Morgan fingerprint density at radius 1 is 0.920 bits per heavy atom. The zero-order valence-corrected chi connectivity index (χ0v) is 14.7. The Labute approximate surface area is 153 Å². The maximum absolute atomic E-state index is 13.0. The van der Waals surface area contributed by atoms with Gasteiger partial charge in [0.2, 0.25) is 6.43 Å². The molecule has 0 bridgehead atoms. The SMILES string of the molecule is Cl.FC(F)C[C@H](c1ccc(Oc2ccccc2)cc1)N1CCNCC1. The van der Waals surface area contributed by atoms with Crippen LogP contribution in [0.25, 0.3) is 0 Å². The second-order valence-corrected chi connectivity index (χ2v) is 5.91. The molecule has 1 heterocycles. The molecule has 25 heavy (non-hydrogen) atoms. The molecule has 2 aromatic carbocycles. The average molecular weight is 369 g/mol. The molecule has 1 N–H and O–H groups in total. The number of hydrogen-bond acceptors (Lipinski definition) is 3. The Morgan fingerprint density at radius 3 is 2.12 bits per heavy atom. The molecular weight excluding hydrogens is 346 g/mol. The molecular formula is C19H23ClF2N2O. The highest BCUT2D eigenvalue weighted by atomic mass is 35.5. The van der Waals surface area contributed by atoms with Gasteiger partial charge in [0, 0.05) is 38.6 Å². The van der Waals surface area contributed by atoms with Crippen molar-refractivity contribution in [1.82, 2.24) is 10.2 Å². The zero-order valence-electron chi connectivity index (χ0n) is 13.9. The molecule has 136 valence electrons. The highest BCUT2D eigenvalue weighted by Crippen LogP contribution is 2.30. The molecule has 0 saturated carbocycles. The van der Waals surface area contributed by atoms with E-state index in [1.165, 1.54) is 0 Å². The summed E-state index contributed by atoms with van der Waals surface area (Å²) in [6, 6.07) is 16.8. The molecule has 3 rings (SSSR count). The van der Waals surface area contributed by atoms with Gasteiger partial charge in [-0.15, -0.1) is 12.4 Å². The van der Waals surface area contributed by atoms with Crippen LogP contribution in [0, 0.1) is 0 Å². The van der Waals surface area contributed by atoms with Crippen molar-refractivity contribution in [3.05, 3.63) is 60.2 Å². The van der Waals surface area contributed by atoms with Crippen LogP contribution in [0.2, 0.25) is 0 Å². The first-order valence-corrected chi connectivity index (χ1v) is 8.28. The van der Waals surface area contributed by atoms with E-state index in [-0.39, 0.29) is 24.9 Å². The van der Waals surface area contributed by atoms with Crippen LogP contribution in [0.1, 0.15) is 18.0 Å². The van der Waals surface area contributed by atoms with E-state index in [2.05, 4.69) is 10.2 Å². The number of piperazine rings is 1. The summed E-state index contributed by atoms with van der Waals surface area (Å²) in [6.07, 6.45) is -2.45. The lowest BCUT2D eigenvalue weighted by atomic mass is 10.0. The van der Waals surface area contributed by atoms with Crippen LogP contribution in [0.5, 0.6) is 11.5 Å². The maximum atomic E-state index is 13.0. The number of hydrogen-bond donors (Lipinski definition) is 1. The van der Waals surface area contributed by atoms with Crippen LogP contribution in [0.3, 0.4) is 0 Å². The van der Waals surface area contributed by atoms with E-state index >= 15 is 0 Å². The van der Waals surface area contributed by atoms with E-state index in [1.807, 2.05) is 54.6 Å². The Bertz CT molecular complexity index is 619. The van der Waals surface area contributed by atoms with Crippen molar-refractivity contribution in [1.29, 1.82) is 0 Å². The highest BCUT2D eigenvalue weighted by molar-refractivity contribution is 5.85. The molecule has 0 aliphatic carbocycles. The summed E-state index contributed by atoms with van der Waals surface area (Å²) in [5, 5.41) is 3.26. The van der Waals surface area contributed by atoms with Gasteiger partial charge in [0.25, 0.3) is 0 Å². The number of nitrogens with one attached hydrogen (secondary N) is 1. The molecule has 6 heteroatoms. The topological polar surface area (TPSA) is 24.5 Å². The van der Waals surface area contributed by atoms with Gasteiger partial charge in [0.1, 0.15) is 11.5 Å². The van der Waals surface area contributed by atoms with Crippen LogP contribution in [-0.4, -0.2) is 37.5 Å². The van der Waals surface area contributed by atoms with E-state index < -0.39 is 6.43 Å². The predicted molar refractivity (Wildman–Crippen MR) is 98.0 cm³/mol. The second kappa shape index (κ2) is 9.70. The fourth-order valence-electron chi connectivity index (χ4n) is 3.04. The normalized spacial score (nSPS) is 16.3. The van der Waals surface area contributed by atoms with Crippen molar-refractivity contribution >= 4 is 12.4 Å². The van der Waals surface area contributed by atoms with Crippen molar-refractivity contribution in [3.8, 4) is 11.5 Å². The molecule has 1 aliphatic rings. The monoisotopic (exact) mass is 368 g/mol. The van der Waals surface area contributed by atoms with Crippen molar-refractivity contribution in [2.75, 3.05) is 26.2 Å². The summed E-state index contributed by atoms with van der Waals surface area (Å²) in [5.74, 6) is 1.47. The minimum atomic E-state index is -2.31. The van der Waals surface area contributed by atoms with Gasteiger partial charge in [-0.2, -0.15) is 0 Å². The minimum absolute atomic E-state index is 0. The first-order valence-electron chi connectivity index (χ1n) is 8.28. The van der Waals surface area contributed by atoms with Gasteiger partial charge >= 0.3 is 0 Å². The van der Waals surface area contributed by atoms with Crippen molar-refractivity contribution < 1.29 is 13.5 Å². The fourth-order valence-corrected chi connectivity index (χ4v) is 3.04. The molecule has 0 radical (unpaired) electrons. The molecule has 0 spiro atoms. The molecule has 3 nitrogen and oxygen atoms in total. The minimum Gasteiger partial charge on any atom is -0.457 e. The highest BCUT2D eigenvalue weighted by Gasteiger charge is 2.25. The van der Waals surface area contributed by atoms with Gasteiger partial charge in [-0.1, -0.05) is 30.3 Å². The van der Waals surface area contributed by atoms with Gasteiger partial charge in [-0.25, -0.2) is 8.78 Å². The lowest BCUT2D eigenvalue weighted by Gasteiger charge is -2.35. The van der Waals surface area contributed by atoms with E-state index in [1.54, 1.807) is 0 Å². The van der Waals surface area contributed by atoms with Crippen LogP contribution in [0.15, 0.2) is 54.6 Å². The molecule has 1 aliphatic heterocycles. The molecule has 0 amide bonds. The van der Waals surface area contributed by atoms with E-state index in [0.717, 1.165) is 37.5 Å². The summed E-state index contributed by atoms with van der Waals surface area (Å²) in [5.41, 5.74) is 0.914. The molecule has 1 saturated heterocycles. The van der Waals surface area contributed by atoms with Crippen molar-refractivity contribution in [2.45, 2.75) is 18.9 Å². The van der Waals surface area contributed by atoms with Crippen molar-refractivity contribution in [2.24, 2.45) is 0 Å². The third-order valence-electron chi connectivity index (χ3n) is 4.24. The van der Waals surface area contributed by atoms with Gasteiger partial charge in [-0.3, -0.25) is 4.90 Å². The molecule has 1 atom stereocenters. The lowest BCUT2D eigenvalue weighted by molar-refractivity contribution is 0.0739. The Morgan fingerprint density at radius 2 is 1.52 bits per heavy atom. The zero-order chi connectivity index (χ0) is 16.8. The third-order valence-corrected chi connectivity index (χ3v) is 4.24. The van der Waals surface area contributed by atoms with Crippen LogP contribution < -0.4 is 10.1 Å². The average Bonchev–Trinajstić information content (AvgIpc) is 2.62. The molecule has 0 unspecified atom stereocenters. The summed E-state index contributed by atoms with van der Waals surface area (Å²) in [7, 11) is 0. The Kier molecular flexibility index (Phi) is 7.62. The maximum Gasteiger partial charge on any atom is 0.240 e. The van der Waals surface area contributed by atoms with Gasteiger partial charge in [-0.05, 0) is 29.8 Å². The summed E-state index contributed by atoms with van der Waals surface area (Å²) >= 11 is 0. The summed E-state index contributed by atoms with van der Waals surface area (Å²) < 4.78 is 31.8. The molecule has 2 aromatic rings. The third kappa shape index (κ3) is 5.66. The summed E-state index contributed by atoms with van der Waals surface area (Å²) in [6.45, 7) is 3.27. The quantitative estimate of drug-likeness (QED) is 0.812. The van der Waals surface area contributed by atoms with Gasteiger partial charge in [0.15, 0.2) is 0 Å². The smallest absolute Gasteiger partial charge is 0.240 e.